The van der Waals surface area contributed by atoms with Gasteiger partial charge in [-0.15, -0.1) is 0 Å². The summed E-state index contributed by atoms with van der Waals surface area (Å²) in [6.07, 6.45) is 6.19. The average molecular weight is 271 g/mol. The summed E-state index contributed by atoms with van der Waals surface area (Å²) in [4.78, 5) is 16.8. The van der Waals surface area contributed by atoms with Gasteiger partial charge in [0.1, 0.15) is 17.8 Å². The topological polar surface area (TPSA) is 48.1 Å². The Bertz CT molecular complexity index is 608. The van der Waals surface area contributed by atoms with Crippen molar-refractivity contribution in [1.82, 2.24) is 19.9 Å². The lowest BCUT2D eigenvalue weighted by molar-refractivity contribution is 0.369. The van der Waals surface area contributed by atoms with Crippen molar-refractivity contribution in [2.45, 2.75) is 18.9 Å². The van der Waals surface area contributed by atoms with Crippen LogP contribution in [-0.2, 0) is 0 Å². The molecule has 0 aromatic carbocycles. The molecule has 3 heterocycles. The Morgan fingerprint density at radius 3 is 2.75 bits per heavy atom. The van der Waals surface area contributed by atoms with Crippen LogP contribution in [0.5, 0.6) is 0 Å². The summed E-state index contributed by atoms with van der Waals surface area (Å²) in [6, 6.07) is 2.69. The maximum Gasteiger partial charge on any atom is 0.142 e. The summed E-state index contributed by atoms with van der Waals surface area (Å²) in [7, 11) is 4.43. The van der Waals surface area contributed by atoms with Crippen molar-refractivity contribution in [3.05, 3.63) is 18.6 Å². The van der Waals surface area contributed by atoms with Crippen LogP contribution in [0.15, 0.2) is 18.6 Å². The summed E-state index contributed by atoms with van der Waals surface area (Å²) in [5, 5.41) is 1.13. The number of rotatable bonds is 2. The van der Waals surface area contributed by atoms with Crippen molar-refractivity contribution in [2.75, 3.05) is 32.1 Å². The third-order valence-corrected chi connectivity index (χ3v) is 5.12. The summed E-state index contributed by atoms with van der Waals surface area (Å²) in [5.41, 5.74) is 0.930. The van der Waals surface area contributed by atoms with Crippen LogP contribution in [0.4, 0.5) is 5.82 Å². The Labute approximate surface area is 119 Å². The van der Waals surface area contributed by atoms with Crippen molar-refractivity contribution in [2.24, 2.45) is 11.8 Å². The number of aromatic amines is 1. The van der Waals surface area contributed by atoms with Crippen LogP contribution in [0.1, 0.15) is 12.8 Å². The lowest BCUT2D eigenvalue weighted by atomic mass is 10.0. The molecule has 1 saturated carbocycles. The van der Waals surface area contributed by atoms with Crippen LogP contribution in [0, 0.1) is 11.8 Å². The summed E-state index contributed by atoms with van der Waals surface area (Å²) >= 11 is 0. The molecule has 0 amide bonds. The number of aromatic nitrogens is 3. The molecular weight excluding hydrogens is 250 g/mol. The van der Waals surface area contributed by atoms with E-state index >= 15 is 0 Å². The van der Waals surface area contributed by atoms with Gasteiger partial charge in [0.2, 0.25) is 0 Å². The van der Waals surface area contributed by atoms with Crippen LogP contribution in [-0.4, -0.2) is 53.1 Å². The van der Waals surface area contributed by atoms with Crippen molar-refractivity contribution in [3.63, 3.8) is 0 Å². The molecule has 2 fully saturated rings. The van der Waals surface area contributed by atoms with Gasteiger partial charge in [-0.25, -0.2) is 9.97 Å². The van der Waals surface area contributed by atoms with Gasteiger partial charge in [0.05, 0.1) is 5.39 Å². The quantitative estimate of drug-likeness (QED) is 0.904. The van der Waals surface area contributed by atoms with Gasteiger partial charge in [-0.2, -0.15) is 0 Å². The molecule has 2 aliphatic rings. The van der Waals surface area contributed by atoms with Gasteiger partial charge >= 0.3 is 0 Å². The lowest BCUT2D eigenvalue weighted by Crippen LogP contribution is -2.32. The second kappa shape index (κ2) is 4.45. The van der Waals surface area contributed by atoms with Gasteiger partial charge in [0.25, 0.3) is 0 Å². The summed E-state index contributed by atoms with van der Waals surface area (Å²) in [6.45, 7) is 2.52. The molecule has 2 unspecified atom stereocenters. The van der Waals surface area contributed by atoms with Crippen LogP contribution >= 0.6 is 0 Å². The van der Waals surface area contributed by atoms with E-state index in [-0.39, 0.29) is 0 Å². The lowest BCUT2D eigenvalue weighted by Gasteiger charge is -2.27. The molecule has 1 aliphatic heterocycles. The van der Waals surface area contributed by atoms with Crippen LogP contribution in [0.2, 0.25) is 0 Å². The first-order chi connectivity index (χ1) is 9.72. The number of nitrogens with one attached hydrogen (secondary N) is 1. The third kappa shape index (κ3) is 1.80. The Balaban J connectivity index is 1.59. The zero-order valence-corrected chi connectivity index (χ0v) is 12.1. The molecule has 106 valence electrons. The Morgan fingerprint density at radius 1 is 1.25 bits per heavy atom. The van der Waals surface area contributed by atoms with Crippen molar-refractivity contribution >= 4 is 16.9 Å². The minimum absolute atomic E-state index is 0.617. The monoisotopic (exact) mass is 271 g/mol. The molecule has 2 aromatic heterocycles. The fraction of sp³-hybridized carbons (Fsp3) is 0.600. The first-order valence-corrected chi connectivity index (χ1v) is 7.42. The summed E-state index contributed by atoms with van der Waals surface area (Å²) in [5.74, 6) is 2.81. The predicted octanol–water partition coefficient (Wildman–Crippen LogP) is 1.73. The minimum atomic E-state index is 0.617. The van der Waals surface area contributed by atoms with Gasteiger partial charge in [-0.05, 0) is 37.8 Å². The molecule has 2 aromatic rings. The number of nitrogens with zero attached hydrogens (tertiary/aromatic N) is 4. The maximum absolute atomic E-state index is 4.52. The number of likely N-dealkylation sites (tertiary alicyclic amines) is 1. The molecule has 0 radical (unpaired) electrons. The number of H-pyrrole nitrogens is 1. The first-order valence-electron chi connectivity index (χ1n) is 7.42. The highest BCUT2D eigenvalue weighted by Gasteiger charge is 2.41. The molecule has 20 heavy (non-hydrogen) atoms. The van der Waals surface area contributed by atoms with Crippen molar-refractivity contribution < 1.29 is 0 Å². The van der Waals surface area contributed by atoms with E-state index in [1.807, 2.05) is 6.20 Å². The fourth-order valence-corrected chi connectivity index (χ4v) is 4.13. The van der Waals surface area contributed by atoms with E-state index in [2.05, 4.69) is 44.9 Å². The molecule has 0 spiro atoms. The number of hydrogen-bond acceptors (Lipinski definition) is 4. The molecule has 0 bridgehead atoms. The molecule has 4 rings (SSSR count). The van der Waals surface area contributed by atoms with E-state index in [1.54, 1.807) is 6.33 Å². The first kappa shape index (κ1) is 12.1. The van der Waals surface area contributed by atoms with E-state index in [0.29, 0.717) is 6.04 Å². The Kier molecular flexibility index (Phi) is 2.70. The Hall–Kier alpha value is -1.62. The van der Waals surface area contributed by atoms with Crippen LogP contribution in [0.3, 0.4) is 0 Å². The highest BCUT2D eigenvalue weighted by Crippen LogP contribution is 2.40. The molecule has 5 heteroatoms. The second-order valence-corrected chi connectivity index (χ2v) is 6.41. The van der Waals surface area contributed by atoms with E-state index < -0.39 is 0 Å². The normalized spacial score (nSPS) is 30.0. The van der Waals surface area contributed by atoms with Crippen LogP contribution in [0.25, 0.3) is 11.0 Å². The maximum atomic E-state index is 4.52. The predicted molar refractivity (Wildman–Crippen MR) is 79.8 cm³/mol. The van der Waals surface area contributed by atoms with Crippen molar-refractivity contribution in [1.29, 1.82) is 0 Å². The molecule has 1 N–H and O–H groups in total. The average Bonchev–Trinajstić information content (AvgIpc) is 3.10. The number of fused-ring (bicyclic) bond motifs is 2. The zero-order chi connectivity index (χ0) is 13.7. The smallest absolute Gasteiger partial charge is 0.142 e. The third-order valence-electron chi connectivity index (χ3n) is 5.12. The number of hydrogen-bond donors (Lipinski definition) is 1. The summed E-state index contributed by atoms with van der Waals surface area (Å²) < 4.78 is 0. The largest absolute Gasteiger partial charge is 0.356 e. The highest BCUT2D eigenvalue weighted by atomic mass is 15.2. The minimum Gasteiger partial charge on any atom is -0.356 e. The van der Waals surface area contributed by atoms with Crippen LogP contribution < -0.4 is 4.90 Å². The molecule has 5 nitrogen and oxygen atoms in total. The standard InChI is InChI=1S/C15H21N5/c1-19-7-10-5-12(6-11(10)8-19)20(2)15-13-3-4-16-14(13)17-9-18-15/h3-4,9-12H,5-8H2,1-2H3,(H,16,17,18)/t10-,11?,12?/m0/s1. The van der Waals surface area contributed by atoms with E-state index in [9.17, 15) is 0 Å². The molecule has 3 atom stereocenters. The van der Waals surface area contributed by atoms with Gasteiger partial charge in [-0.1, -0.05) is 0 Å². The van der Waals surface area contributed by atoms with Gasteiger partial charge < -0.3 is 14.8 Å². The van der Waals surface area contributed by atoms with E-state index in [1.165, 1.54) is 25.9 Å². The van der Waals surface area contributed by atoms with Gasteiger partial charge in [0, 0.05) is 32.4 Å². The SMILES string of the molecule is CN1CC2CC(N(C)c3ncnc4[nH]ccc34)C[C@H]2C1. The van der Waals surface area contributed by atoms with E-state index in [4.69, 9.17) is 0 Å². The zero-order valence-electron chi connectivity index (χ0n) is 12.1. The van der Waals surface area contributed by atoms with Crippen molar-refractivity contribution in [3.8, 4) is 0 Å². The van der Waals surface area contributed by atoms with E-state index in [0.717, 1.165) is 28.7 Å². The van der Waals surface area contributed by atoms with Gasteiger partial charge in [-0.3, -0.25) is 0 Å². The molecule has 1 saturated heterocycles. The van der Waals surface area contributed by atoms with Gasteiger partial charge in [0.15, 0.2) is 0 Å². The molecule has 1 aliphatic carbocycles. The second-order valence-electron chi connectivity index (χ2n) is 6.41. The fourth-order valence-electron chi connectivity index (χ4n) is 4.13. The Morgan fingerprint density at radius 2 is 2.00 bits per heavy atom. The number of anilines is 1. The highest BCUT2D eigenvalue weighted by molar-refractivity contribution is 5.87. The molecular formula is C15H21N5.